The highest BCUT2D eigenvalue weighted by molar-refractivity contribution is 7.80. The van der Waals surface area contributed by atoms with E-state index in [1.807, 2.05) is 0 Å². The highest BCUT2D eigenvalue weighted by atomic mass is 32.1. The Morgan fingerprint density at radius 1 is 0.900 bits per heavy atom. The second-order valence-corrected chi connectivity index (χ2v) is 7.46. The Bertz CT molecular complexity index is 308. The van der Waals surface area contributed by atoms with Gasteiger partial charge < -0.3 is 22.1 Å². The number of nitrogens with one attached hydrogen (secondary N) is 2. The number of thiocarbonyl (C=S) groups is 2. The molecule has 0 unspecified atom stereocenters. The number of hydrogen-bond acceptors (Lipinski definition) is 2. The SMILES string of the molecule is CCCCCC(CCC(C)(C)C)(NC(N)=S)NC(N)=S. The lowest BCUT2D eigenvalue weighted by atomic mass is 9.85. The minimum Gasteiger partial charge on any atom is -0.376 e. The fourth-order valence-corrected chi connectivity index (χ4v) is 2.53. The molecule has 20 heavy (non-hydrogen) atoms. The molecule has 4 nitrogen and oxygen atoms in total. The smallest absolute Gasteiger partial charge is 0.165 e. The number of hydrogen-bond donors (Lipinski definition) is 4. The zero-order valence-corrected chi connectivity index (χ0v) is 14.8. The predicted molar refractivity (Wildman–Crippen MR) is 95.4 cm³/mol. The summed E-state index contributed by atoms with van der Waals surface area (Å²) < 4.78 is 0. The van der Waals surface area contributed by atoms with Gasteiger partial charge in [-0.3, -0.25) is 0 Å². The average Bonchev–Trinajstić information content (AvgIpc) is 2.24. The van der Waals surface area contributed by atoms with Crippen LogP contribution in [0.2, 0.25) is 0 Å². The highest BCUT2D eigenvalue weighted by Crippen LogP contribution is 2.27. The van der Waals surface area contributed by atoms with E-state index < -0.39 is 5.66 Å². The van der Waals surface area contributed by atoms with Crippen LogP contribution in [0, 0.1) is 5.41 Å². The van der Waals surface area contributed by atoms with Crippen LogP contribution in [0.25, 0.3) is 0 Å². The summed E-state index contributed by atoms with van der Waals surface area (Å²) in [4.78, 5) is 0. The maximum Gasteiger partial charge on any atom is 0.165 e. The third kappa shape index (κ3) is 9.31. The first-order valence-corrected chi connectivity index (χ1v) is 8.07. The van der Waals surface area contributed by atoms with Gasteiger partial charge >= 0.3 is 0 Å². The highest BCUT2D eigenvalue weighted by Gasteiger charge is 2.31. The molecule has 0 heterocycles. The average molecular weight is 319 g/mol. The van der Waals surface area contributed by atoms with Crippen molar-refractivity contribution in [2.45, 2.75) is 71.9 Å². The molecule has 0 aliphatic carbocycles. The Balaban J connectivity index is 4.97. The van der Waals surface area contributed by atoms with Gasteiger partial charge in [-0.2, -0.15) is 0 Å². The van der Waals surface area contributed by atoms with E-state index >= 15 is 0 Å². The van der Waals surface area contributed by atoms with E-state index in [1.54, 1.807) is 0 Å². The van der Waals surface area contributed by atoms with Gasteiger partial charge in [0, 0.05) is 0 Å². The summed E-state index contributed by atoms with van der Waals surface area (Å²) in [6, 6.07) is 0. The topological polar surface area (TPSA) is 76.1 Å². The molecule has 0 amide bonds. The first-order valence-electron chi connectivity index (χ1n) is 7.25. The molecule has 0 saturated carbocycles. The third-order valence-electron chi connectivity index (χ3n) is 3.23. The van der Waals surface area contributed by atoms with Gasteiger partial charge in [-0.1, -0.05) is 40.5 Å². The largest absolute Gasteiger partial charge is 0.376 e. The van der Waals surface area contributed by atoms with Crippen molar-refractivity contribution in [2.24, 2.45) is 16.9 Å². The molecule has 118 valence electrons. The van der Waals surface area contributed by atoms with E-state index in [0.717, 1.165) is 38.5 Å². The fourth-order valence-electron chi connectivity index (χ4n) is 2.14. The normalized spacial score (nSPS) is 12.0. The lowest BCUT2D eigenvalue weighted by Gasteiger charge is -2.38. The standard InChI is InChI=1S/C14H30N4S2/c1-5-6-7-8-14(17-11(15)19,18-12(16)20)10-9-13(2,3)4/h5-10H2,1-4H3,(H3,15,17,19)(H3,16,18,20). The van der Waals surface area contributed by atoms with Gasteiger partial charge in [-0.25, -0.2) is 0 Å². The summed E-state index contributed by atoms with van der Waals surface area (Å²) in [6.07, 6.45) is 6.18. The van der Waals surface area contributed by atoms with Gasteiger partial charge in [0.1, 0.15) is 5.66 Å². The van der Waals surface area contributed by atoms with Crippen LogP contribution in [0.1, 0.15) is 66.2 Å². The van der Waals surface area contributed by atoms with Gasteiger partial charge in [-0.05, 0) is 55.5 Å². The van der Waals surface area contributed by atoms with E-state index in [9.17, 15) is 0 Å². The van der Waals surface area contributed by atoms with Crippen LogP contribution in [0.3, 0.4) is 0 Å². The Morgan fingerprint density at radius 3 is 1.75 bits per heavy atom. The maximum absolute atomic E-state index is 5.69. The van der Waals surface area contributed by atoms with Gasteiger partial charge in [0.2, 0.25) is 0 Å². The monoisotopic (exact) mass is 318 g/mol. The molecule has 0 aromatic carbocycles. The summed E-state index contributed by atoms with van der Waals surface area (Å²) in [6.45, 7) is 8.82. The molecule has 0 aromatic heterocycles. The summed E-state index contributed by atoms with van der Waals surface area (Å²) in [5, 5.41) is 6.93. The first-order chi connectivity index (χ1) is 9.10. The summed E-state index contributed by atoms with van der Waals surface area (Å²) in [5.41, 5.74) is 11.2. The Hall–Kier alpha value is -0.620. The van der Waals surface area contributed by atoms with E-state index in [-0.39, 0.29) is 15.6 Å². The number of rotatable bonds is 8. The van der Waals surface area contributed by atoms with E-state index in [1.165, 1.54) is 0 Å². The molecule has 0 radical (unpaired) electrons. The Morgan fingerprint density at radius 2 is 1.40 bits per heavy atom. The van der Waals surface area contributed by atoms with E-state index in [0.29, 0.717) is 0 Å². The fraction of sp³-hybridized carbons (Fsp3) is 0.857. The van der Waals surface area contributed by atoms with Crippen molar-refractivity contribution < 1.29 is 0 Å². The molecule has 0 atom stereocenters. The van der Waals surface area contributed by atoms with Gasteiger partial charge in [0.05, 0.1) is 0 Å². The number of unbranched alkanes of at least 4 members (excludes halogenated alkanes) is 2. The molecule has 0 fully saturated rings. The van der Waals surface area contributed by atoms with Crippen LogP contribution in [0.4, 0.5) is 0 Å². The third-order valence-corrected chi connectivity index (χ3v) is 3.44. The molecule has 0 aromatic rings. The second kappa shape index (κ2) is 8.62. The van der Waals surface area contributed by atoms with E-state index in [4.69, 9.17) is 35.9 Å². The van der Waals surface area contributed by atoms with Crippen molar-refractivity contribution in [3.05, 3.63) is 0 Å². The molecule has 0 bridgehead atoms. The first kappa shape index (κ1) is 19.4. The molecule has 0 spiro atoms. The predicted octanol–water partition coefficient (Wildman–Crippen LogP) is 2.76. The van der Waals surface area contributed by atoms with Crippen molar-refractivity contribution >= 4 is 34.7 Å². The van der Waals surface area contributed by atoms with Crippen LogP contribution in [-0.2, 0) is 0 Å². The molecule has 0 aliphatic rings. The van der Waals surface area contributed by atoms with Gasteiger partial charge in [0.15, 0.2) is 10.2 Å². The van der Waals surface area contributed by atoms with Gasteiger partial charge in [0.25, 0.3) is 0 Å². The van der Waals surface area contributed by atoms with Gasteiger partial charge in [-0.15, -0.1) is 0 Å². The minimum atomic E-state index is -0.430. The zero-order valence-electron chi connectivity index (χ0n) is 13.2. The molecular weight excluding hydrogens is 288 g/mol. The summed E-state index contributed by atoms with van der Waals surface area (Å²) in [7, 11) is 0. The second-order valence-electron chi connectivity index (χ2n) is 6.58. The van der Waals surface area contributed by atoms with Crippen LogP contribution in [0.15, 0.2) is 0 Å². The van der Waals surface area contributed by atoms with Crippen molar-refractivity contribution in [2.75, 3.05) is 0 Å². The van der Waals surface area contributed by atoms with Crippen LogP contribution >= 0.6 is 24.4 Å². The molecule has 0 rings (SSSR count). The van der Waals surface area contributed by atoms with Crippen molar-refractivity contribution in [1.29, 1.82) is 0 Å². The molecule has 6 heteroatoms. The van der Waals surface area contributed by atoms with E-state index in [2.05, 4.69) is 38.3 Å². The minimum absolute atomic E-state index is 0.228. The van der Waals surface area contributed by atoms with Crippen LogP contribution in [-0.4, -0.2) is 15.9 Å². The summed E-state index contributed by atoms with van der Waals surface area (Å²) in [5.74, 6) is 0. The Kier molecular flexibility index (Phi) is 8.35. The number of nitrogens with two attached hydrogens (primary N) is 2. The lowest BCUT2D eigenvalue weighted by Crippen LogP contribution is -2.63. The zero-order chi connectivity index (χ0) is 15.8. The molecule has 0 saturated heterocycles. The quantitative estimate of drug-likeness (QED) is 0.313. The molecular formula is C14H30N4S2. The summed E-state index contributed by atoms with van der Waals surface area (Å²) >= 11 is 10.1. The van der Waals surface area contributed by atoms with Crippen LogP contribution in [0.5, 0.6) is 0 Å². The van der Waals surface area contributed by atoms with Crippen molar-refractivity contribution in [1.82, 2.24) is 10.6 Å². The van der Waals surface area contributed by atoms with Crippen molar-refractivity contribution in [3.8, 4) is 0 Å². The molecule has 6 N–H and O–H groups in total. The maximum atomic E-state index is 5.69. The Labute approximate surface area is 134 Å². The lowest BCUT2D eigenvalue weighted by molar-refractivity contribution is 0.236. The molecule has 0 aliphatic heterocycles. The van der Waals surface area contributed by atoms with Crippen LogP contribution < -0.4 is 22.1 Å². The van der Waals surface area contributed by atoms with Crippen molar-refractivity contribution in [3.63, 3.8) is 0 Å².